The van der Waals surface area contributed by atoms with Crippen LogP contribution in [0.1, 0.15) is 44.1 Å². The highest BCUT2D eigenvalue weighted by Gasteiger charge is 2.19. The Labute approximate surface area is 115 Å². The van der Waals surface area contributed by atoms with Crippen molar-refractivity contribution >= 4 is 0 Å². The molecule has 2 nitrogen and oxygen atoms in total. The van der Waals surface area contributed by atoms with Crippen molar-refractivity contribution in [2.24, 2.45) is 0 Å². The van der Waals surface area contributed by atoms with Gasteiger partial charge in [0.25, 0.3) is 0 Å². The van der Waals surface area contributed by atoms with Crippen LogP contribution in [0.5, 0.6) is 0 Å². The molecule has 0 bridgehead atoms. The van der Waals surface area contributed by atoms with Crippen LogP contribution in [0.25, 0.3) is 0 Å². The number of nitrogens with one attached hydrogen (secondary N) is 1. The molecule has 2 unspecified atom stereocenters. The van der Waals surface area contributed by atoms with Gasteiger partial charge in [-0.05, 0) is 55.8 Å². The van der Waals surface area contributed by atoms with Gasteiger partial charge in [-0.3, -0.25) is 0 Å². The lowest BCUT2D eigenvalue weighted by Crippen LogP contribution is -2.22. The molecule has 0 spiro atoms. The third-order valence-electron chi connectivity index (χ3n) is 3.82. The molecule has 1 aliphatic rings. The fourth-order valence-electron chi connectivity index (χ4n) is 2.72. The van der Waals surface area contributed by atoms with Crippen LogP contribution in [0.15, 0.2) is 24.3 Å². The van der Waals surface area contributed by atoms with Gasteiger partial charge in [0, 0.05) is 13.2 Å². The predicted molar refractivity (Wildman–Crippen MR) is 75.9 cm³/mol. The largest absolute Gasteiger partial charge is 0.378 e. The Balaban J connectivity index is 1.94. The Bertz CT molecular complexity index is 377. The number of ether oxygens (including phenoxy) is 1. The molecular formula is C16H24FNO. The van der Waals surface area contributed by atoms with E-state index in [4.69, 9.17) is 4.74 Å². The summed E-state index contributed by atoms with van der Waals surface area (Å²) in [6.07, 6.45) is 4.91. The van der Waals surface area contributed by atoms with Crippen LogP contribution in [0.4, 0.5) is 4.39 Å². The van der Waals surface area contributed by atoms with Crippen LogP contribution < -0.4 is 5.32 Å². The predicted octanol–water partition coefficient (Wildman–Crippen LogP) is 3.48. The van der Waals surface area contributed by atoms with E-state index in [1.165, 1.54) is 18.9 Å². The van der Waals surface area contributed by atoms with Gasteiger partial charge in [-0.15, -0.1) is 0 Å². The van der Waals surface area contributed by atoms with E-state index in [1.54, 1.807) is 12.1 Å². The summed E-state index contributed by atoms with van der Waals surface area (Å²) in [5.74, 6) is 0.232. The first kappa shape index (κ1) is 14.5. The maximum atomic E-state index is 13.3. The molecule has 0 aliphatic carbocycles. The summed E-state index contributed by atoms with van der Waals surface area (Å²) in [6, 6.07) is 7.00. The Kier molecular flexibility index (Phi) is 5.80. The summed E-state index contributed by atoms with van der Waals surface area (Å²) < 4.78 is 19.0. The average molecular weight is 265 g/mol. The Hall–Kier alpha value is -0.930. The quantitative estimate of drug-likeness (QED) is 0.815. The number of hydrogen-bond donors (Lipinski definition) is 1. The van der Waals surface area contributed by atoms with E-state index in [9.17, 15) is 4.39 Å². The minimum absolute atomic E-state index is 0.142. The first-order valence-electron chi connectivity index (χ1n) is 7.37. The molecule has 0 radical (unpaired) electrons. The molecule has 0 amide bonds. The number of hydrogen-bond acceptors (Lipinski definition) is 2. The average Bonchev–Trinajstić information content (AvgIpc) is 2.92. The van der Waals surface area contributed by atoms with Gasteiger partial charge in [0.15, 0.2) is 0 Å². The maximum Gasteiger partial charge on any atom is 0.123 e. The second kappa shape index (κ2) is 7.61. The molecule has 2 rings (SSSR count). The lowest BCUT2D eigenvalue weighted by atomic mass is 9.92. The van der Waals surface area contributed by atoms with Crippen molar-refractivity contribution in [3.8, 4) is 0 Å². The molecule has 0 saturated carbocycles. The smallest absolute Gasteiger partial charge is 0.123 e. The fraction of sp³-hybridized carbons (Fsp3) is 0.625. The minimum atomic E-state index is -0.142. The number of benzene rings is 1. The van der Waals surface area contributed by atoms with Crippen molar-refractivity contribution in [2.45, 2.75) is 44.6 Å². The zero-order chi connectivity index (χ0) is 13.5. The molecule has 0 aromatic heterocycles. The summed E-state index contributed by atoms with van der Waals surface area (Å²) in [5.41, 5.74) is 1.10. The molecular weight excluding hydrogens is 241 g/mol. The van der Waals surface area contributed by atoms with Gasteiger partial charge in [0.1, 0.15) is 5.82 Å². The molecule has 2 atom stereocenters. The van der Waals surface area contributed by atoms with E-state index in [0.29, 0.717) is 12.0 Å². The van der Waals surface area contributed by atoms with Crippen molar-refractivity contribution in [1.29, 1.82) is 0 Å². The summed E-state index contributed by atoms with van der Waals surface area (Å²) in [4.78, 5) is 0. The molecule has 19 heavy (non-hydrogen) atoms. The van der Waals surface area contributed by atoms with Gasteiger partial charge in [0.2, 0.25) is 0 Å². The van der Waals surface area contributed by atoms with Crippen LogP contribution >= 0.6 is 0 Å². The van der Waals surface area contributed by atoms with Crippen LogP contribution in [0, 0.1) is 5.82 Å². The monoisotopic (exact) mass is 265 g/mol. The molecule has 1 aromatic carbocycles. The maximum absolute atomic E-state index is 13.3. The molecule has 1 fully saturated rings. The van der Waals surface area contributed by atoms with Crippen molar-refractivity contribution in [3.05, 3.63) is 35.6 Å². The van der Waals surface area contributed by atoms with Crippen LogP contribution in [0.3, 0.4) is 0 Å². The second-order valence-electron chi connectivity index (χ2n) is 5.27. The highest BCUT2D eigenvalue weighted by molar-refractivity contribution is 5.21. The molecule has 1 heterocycles. The Morgan fingerprint density at radius 2 is 2.37 bits per heavy atom. The van der Waals surface area contributed by atoms with Gasteiger partial charge >= 0.3 is 0 Å². The standard InChI is InChI=1S/C16H24FNO/c1-2-18-12-14(8-9-16-7-4-10-19-16)13-5-3-6-15(17)11-13/h3,5-6,11,14,16,18H,2,4,7-10,12H2,1H3. The lowest BCUT2D eigenvalue weighted by Gasteiger charge is -2.19. The fourth-order valence-corrected chi connectivity index (χ4v) is 2.72. The van der Waals surface area contributed by atoms with Crippen LogP contribution in [0.2, 0.25) is 0 Å². The van der Waals surface area contributed by atoms with Crippen molar-refractivity contribution in [2.75, 3.05) is 19.7 Å². The first-order valence-corrected chi connectivity index (χ1v) is 7.37. The van der Waals surface area contributed by atoms with E-state index in [2.05, 4.69) is 12.2 Å². The second-order valence-corrected chi connectivity index (χ2v) is 5.27. The molecule has 1 aromatic rings. The van der Waals surface area contributed by atoms with Crippen molar-refractivity contribution < 1.29 is 9.13 Å². The van der Waals surface area contributed by atoms with Gasteiger partial charge < -0.3 is 10.1 Å². The van der Waals surface area contributed by atoms with Crippen LogP contribution in [-0.2, 0) is 4.74 Å². The van der Waals surface area contributed by atoms with E-state index >= 15 is 0 Å². The molecule has 106 valence electrons. The van der Waals surface area contributed by atoms with Crippen molar-refractivity contribution in [3.63, 3.8) is 0 Å². The number of likely N-dealkylation sites (N-methyl/N-ethyl adjacent to an activating group) is 1. The van der Waals surface area contributed by atoms with E-state index in [-0.39, 0.29) is 5.82 Å². The minimum Gasteiger partial charge on any atom is -0.378 e. The van der Waals surface area contributed by atoms with Gasteiger partial charge in [-0.2, -0.15) is 0 Å². The molecule has 3 heteroatoms. The molecule has 1 saturated heterocycles. The molecule has 1 N–H and O–H groups in total. The number of rotatable bonds is 7. The SMILES string of the molecule is CCNCC(CCC1CCCO1)c1cccc(F)c1. The summed E-state index contributed by atoms with van der Waals surface area (Å²) in [7, 11) is 0. The Morgan fingerprint density at radius 1 is 1.47 bits per heavy atom. The third-order valence-corrected chi connectivity index (χ3v) is 3.82. The summed E-state index contributed by atoms with van der Waals surface area (Å²) >= 11 is 0. The lowest BCUT2D eigenvalue weighted by molar-refractivity contribution is 0.101. The van der Waals surface area contributed by atoms with E-state index in [1.807, 2.05) is 6.07 Å². The third kappa shape index (κ3) is 4.59. The normalized spacial score (nSPS) is 20.6. The van der Waals surface area contributed by atoms with Gasteiger partial charge in [-0.1, -0.05) is 19.1 Å². The summed E-state index contributed by atoms with van der Waals surface area (Å²) in [5, 5.41) is 3.38. The first-order chi connectivity index (χ1) is 9.29. The molecule has 1 aliphatic heterocycles. The van der Waals surface area contributed by atoms with E-state index in [0.717, 1.165) is 38.1 Å². The van der Waals surface area contributed by atoms with E-state index < -0.39 is 0 Å². The van der Waals surface area contributed by atoms with Crippen molar-refractivity contribution in [1.82, 2.24) is 5.32 Å². The summed E-state index contributed by atoms with van der Waals surface area (Å²) in [6.45, 7) is 4.86. The topological polar surface area (TPSA) is 21.3 Å². The zero-order valence-electron chi connectivity index (χ0n) is 11.7. The Morgan fingerprint density at radius 3 is 3.05 bits per heavy atom. The highest BCUT2D eigenvalue weighted by Crippen LogP contribution is 2.25. The van der Waals surface area contributed by atoms with Gasteiger partial charge in [0.05, 0.1) is 6.10 Å². The van der Waals surface area contributed by atoms with Gasteiger partial charge in [-0.25, -0.2) is 4.39 Å². The number of halogens is 1. The highest BCUT2D eigenvalue weighted by atomic mass is 19.1. The van der Waals surface area contributed by atoms with Crippen LogP contribution in [-0.4, -0.2) is 25.8 Å². The zero-order valence-corrected chi connectivity index (χ0v) is 11.7.